The van der Waals surface area contributed by atoms with Crippen LogP contribution < -0.4 is 0 Å². The number of amides is 1. The fraction of sp³-hybridized carbons (Fsp3) is 0.333. The first-order valence-electron chi connectivity index (χ1n) is 8.15. The van der Waals surface area contributed by atoms with Gasteiger partial charge in [-0.3, -0.25) is 9.78 Å². The normalized spacial score (nSPS) is 18.2. The Balaban J connectivity index is 1.96. The lowest BCUT2D eigenvalue weighted by atomic mass is 10.1. The fourth-order valence-corrected chi connectivity index (χ4v) is 4.86. The average molecular weight is 359 g/mol. The van der Waals surface area contributed by atoms with E-state index >= 15 is 0 Å². The van der Waals surface area contributed by atoms with Crippen LogP contribution in [-0.4, -0.2) is 49.2 Å². The van der Waals surface area contributed by atoms with Crippen LogP contribution in [0.3, 0.4) is 0 Å². The Bertz CT molecular complexity index is 866. The molecule has 1 aromatic heterocycles. The largest absolute Gasteiger partial charge is 0.345 e. The van der Waals surface area contributed by atoms with Gasteiger partial charge in [0.25, 0.3) is 5.91 Å². The van der Waals surface area contributed by atoms with E-state index in [9.17, 15) is 13.2 Å². The Hall–Kier alpha value is -2.25. The molecule has 0 bridgehead atoms. The van der Waals surface area contributed by atoms with E-state index in [1.54, 1.807) is 44.7 Å². The highest BCUT2D eigenvalue weighted by Gasteiger charge is 2.36. The molecule has 3 rings (SSSR count). The summed E-state index contributed by atoms with van der Waals surface area (Å²) < 4.78 is 27.8. The van der Waals surface area contributed by atoms with Gasteiger partial charge in [0.05, 0.1) is 10.9 Å². The molecule has 0 N–H and O–H groups in total. The molecule has 1 atom stereocenters. The summed E-state index contributed by atoms with van der Waals surface area (Å²) in [7, 11) is -0.391. The third-order valence-corrected chi connectivity index (χ3v) is 6.29. The Morgan fingerprint density at radius 1 is 1.20 bits per heavy atom. The zero-order valence-electron chi connectivity index (χ0n) is 14.3. The molecular weight excluding hydrogens is 338 g/mol. The lowest BCUT2D eigenvalue weighted by Crippen LogP contribution is -2.31. The van der Waals surface area contributed by atoms with E-state index in [0.29, 0.717) is 12.1 Å². The highest BCUT2D eigenvalue weighted by Crippen LogP contribution is 2.36. The second-order valence-corrected chi connectivity index (χ2v) is 8.17. The number of hydrogen-bond donors (Lipinski definition) is 0. The molecule has 7 heteroatoms. The van der Waals surface area contributed by atoms with Crippen LogP contribution in [0, 0.1) is 0 Å². The summed E-state index contributed by atoms with van der Waals surface area (Å²) in [5, 5.41) is 0. The number of sulfonamides is 1. The maximum atomic E-state index is 13.1. The van der Waals surface area contributed by atoms with Gasteiger partial charge in [0.15, 0.2) is 0 Å². The van der Waals surface area contributed by atoms with Crippen LogP contribution in [0.5, 0.6) is 0 Å². The topological polar surface area (TPSA) is 70.6 Å². The number of benzene rings is 1. The molecule has 1 fully saturated rings. The van der Waals surface area contributed by atoms with Crippen LogP contribution in [0.15, 0.2) is 53.7 Å². The van der Waals surface area contributed by atoms with Gasteiger partial charge < -0.3 is 4.90 Å². The van der Waals surface area contributed by atoms with Crippen molar-refractivity contribution in [2.75, 3.05) is 20.6 Å². The second-order valence-electron chi connectivity index (χ2n) is 6.28. The van der Waals surface area contributed by atoms with Crippen molar-refractivity contribution in [3.05, 3.63) is 59.9 Å². The molecule has 2 aromatic rings. The van der Waals surface area contributed by atoms with Crippen LogP contribution in [0.4, 0.5) is 0 Å². The first-order valence-corrected chi connectivity index (χ1v) is 9.59. The summed E-state index contributed by atoms with van der Waals surface area (Å²) in [5.74, 6) is -0.218. The third-order valence-electron chi connectivity index (χ3n) is 4.39. The van der Waals surface area contributed by atoms with E-state index in [1.807, 2.05) is 12.1 Å². The van der Waals surface area contributed by atoms with Gasteiger partial charge in [-0.25, -0.2) is 8.42 Å². The standard InChI is InChI=1S/C18H21N3O3S/c1-20(2)18(22)15-5-3-6-16(13-15)25(23,24)21-12-4-7-17(21)14-8-10-19-11-9-14/h3,5-6,8-11,13,17H,4,7,12H2,1-2H3. The van der Waals surface area contributed by atoms with E-state index in [2.05, 4.69) is 4.98 Å². The summed E-state index contributed by atoms with van der Waals surface area (Å²) in [6.45, 7) is 0.473. The van der Waals surface area contributed by atoms with Crippen LogP contribution in [0.25, 0.3) is 0 Å². The van der Waals surface area contributed by atoms with Gasteiger partial charge >= 0.3 is 0 Å². The predicted octanol–water partition coefficient (Wildman–Crippen LogP) is 2.31. The molecule has 0 spiro atoms. The molecule has 0 radical (unpaired) electrons. The van der Waals surface area contributed by atoms with Gasteiger partial charge in [0, 0.05) is 38.6 Å². The van der Waals surface area contributed by atoms with E-state index < -0.39 is 10.0 Å². The van der Waals surface area contributed by atoms with E-state index in [4.69, 9.17) is 0 Å². The number of carbonyl (C=O) groups excluding carboxylic acids is 1. The molecule has 0 saturated carbocycles. The van der Waals surface area contributed by atoms with Crippen molar-refractivity contribution in [1.29, 1.82) is 0 Å². The maximum absolute atomic E-state index is 13.1. The number of aromatic nitrogens is 1. The summed E-state index contributed by atoms with van der Waals surface area (Å²) in [6, 6.07) is 9.76. The average Bonchev–Trinajstić information content (AvgIpc) is 3.12. The SMILES string of the molecule is CN(C)C(=O)c1cccc(S(=O)(=O)N2CCCC2c2ccncc2)c1. The Labute approximate surface area is 148 Å². The number of carbonyl (C=O) groups is 1. The van der Waals surface area contributed by atoms with Crippen molar-refractivity contribution in [2.45, 2.75) is 23.8 Å². The van der Waals surface area contributed by atoms with Crippen LogP contribution in [-0.2, 0) is 10.0 Å². The Morgan fingerprint density at radius 3 is 2.60 bits per heavy atom. The van der Waals surface area contributed by atoms with Crippen molar-refractivity contribution in [3.8, 4) is 0 Å². The molecule has 132 valence electrons. The molecular formula is C18H21N3O3S. The zero-order chi connectivity index (χ0) is 18.0. The van der Waals surface area contributed by atoms with Crippen LogP contribution >= 0.6 is 0 Å². The van der Waals surface area contributed by atoms with Crippen LogP contribution in [0.1, 0.15) is 34.8 Å². The van der Waals surface area contributed by atoms with Gasteiger partial charge in [-0.15, -0.1) is 0 Å². The second kappa shape index (κ2) is 6.93. The van der Waals surface area contributed by atoms with E-state index in [-0.39, 0.29) is 16.8 Å². The number of hydrogen-bond acceptors (Lipinski definition) is 4. The first-order chi connectivity index (χ1) is 11.9. The lowest BCUT2D eigenvalue weighted by Gasteiger charge is -2.24. The predicted molar refractivity (Wildman–Crippen MR) is 94.6 cm³/mol. The molecule has 6 nitrogen and oxygen atoms in total. The number of rotatable bonds is 4. The molecule has 1 unspecified atom stereocenters. The number of nitrogens with zero attached hydrogens (tertiary/aromatic N) is 3. The molecule has 2 heterocycles. The molecule has 1 saturated heterocycles. The third kappa shape index (κ3) is 3.43. The van der Waals surface area contributed by atoms with Crippen molar-refractivity contribution in [1.82, 2.24) is 14.2 Å². The Morgan fingerprint density at radius 2 is 1.92 bits per heavy atom. The molecule has 1 aliphatic rings. The van der Waals surface area contributed by atoms with Crippen molar-refractivity contribution >= 4 is 15.9 Å². The van der Waals surface area contributed by atoms with Crippen molar-refractivity contribution in [2.24, 2.45) is 0 Å². The van der Waals surface area contributed by atoms with Crippen molar-refractivity contribution in [3.63, 3.8) is 0 Å². The summed E-state index contributed by atoms with van der Waals surface area (Å²) in [4.78, 5) is 17.7. The monoisotopic (exact) mass is 359 g/mol. The summed E-state index contributed by atoms with van der Waals surface area (Å²) in [6.07, 6.45) is 4.94. The maximum Gasteiger partial charge on any atom is 0.253 e. The van der Waals surface area contributed by atoms with Gasteiger partial charge in [0.2, 0.25) is 10.0 Å². The zero-order valence-corrected chi connectivity index (χ0v) is 15.1. The highest BCUT2D eigenvalue weighted by atomic mass is 32.2. The fourth-order valence-electron chi connectivity index (χ4n) is 3.13. The minimum absolute atomic E-state index is 0.154. The summed E-state index contributed by atoms with van der Waals surface area (Å²) in [5.41, 5.74) is 1.31. The molecule has 1 aromatic carbocycles. The molecule has 1 aliphatic heterocycles. The minimum Gasteiger partial charge on any atom is -0.345 e. The van der Waals surface area contributed by atoms with Gasteiger partial charge in [0.1, 0.15) is 0 Å². The van der Waals surface area contributed by atoms with Crippen LogP contribution in [0.2, 0.25) is 0 Å². The van der Waals surface area contributed by atoms with Gasteiger partial charge in [-0.05, 0) is 48.7 Å². The lowest BCUT2D eigenvalue weighted by molar-refractivity contribution is 0.0827. The van der Waals surface area contributed by atoms with Crippen molar-refractivity contribution < 1.29 is 13.2 Å². The smallest absolute Gasteiger partial charge is 0.253 e. The quantitative estimate of drug-likeness (QED) is 0.840. The van der Waals surface area contributed by atoms with E-state index in [0.717, 1.165) is 18.4 Å². The highest BCUT2D eigenvalue weighted by molar-refractivity contribution is 7.89. The van der Waals surface area contributed by atoms with E-state index in [1.165, 1.54) is 15.3 Å². The molecule has 0 aliphatic carbocycles. The summed E-state index contributed by atoms with van der Waals surface area (Å²) >= 11 is 0. The van der Waals surface area contributed by atoms with Gasteiger partial charge in [-0.1, -0.05) is 6.07 Å². The number of pyridine rings is 1. The first kappa shape index (κ1) is 17.6. The minimum atomic E-state index is -3.68. The molecule has 1 amide bonds. The van der Waals surface area contributed by atoms with Gasteiger partial charge in [-0.2, -0.15) is 4.31 Å². The Kier molecular flexibility index (Phi) is 4.87. The molecule has 25 heavy (non-hydrogen) atoms.